The molecule has 0 bridgehead atoms. The molecule has 1 aliphatic rings. The zero-order valence-electron chi connectivity index (χ0n) is 11.1. The molecule has 102 valence electrons. The number of hydrogen-bond donors (Lipinski definition) is 1. The first-order chi connectivity index (χ1) is 8.43. The highest BCUT2D eigenvalue weighted by atomic mass is 16.5. The molecule has 1 fully saturated rings. The van der Waals surface area contributed by atoms with Crippen LogP contribution in [-0.4, -0.2) is 52.2 Å². The predicted octanol–water partition coefficient (Wildman–Crippen LogP) is 1.59. The lowest BCUT2D eigenvalue weighted by atomic mass is 10.2. The van der Waals surface area contributed by atoms with Crippen LogP contribution in [0.4, 0.5) is 0 Å². The highest BCUT2D eigenvalue weighted by molar-refractivity contribution is 4.63. The van der Waals surface area contributed by atoms with E-state index in [2.05, 4.69) is 12.2 Å². The van der Waals surface area contributed by atoms with E-state index in [4.69, 9.17) is 14.2 Å². The van der Waals surface area contributed by atoms with Crippen LogP contribution in [0.2, 0.25) is 0 Å². The fraction of sp³-hybridized carbons (Fsp3) is 1.00. The molecule has 0 aliphatic carbocycles. The van der Waals surface area contributed by atoms with Crippen LogP contribution in [-0.2, 0) is 14.2 Å². The van der Waals surface area contributed by atoms with Crippen molar-refractivity contribution in [2.75, 3.05) is 46.1 Å². The maximum atomic E-state index is 5.53. The normalized spacial score (nSPS) is 19.9. The van der Waals surface area contributed by atoms with Gasteiger partial charge < -0.3 is 19.5 Å². The maximum Gasteiger partial charge on any atom is 0.0809 e. The van der Waals surface area contributed by atoms with Gasteiger partial charge in [0.15, 0.2) is 0 Å². The first-order valence-electron chi connectivity index (χ1n) is 6.91. The van der Waals surface area contributed by atoms with Crippen molar-refractivity contribution in [3.8, 4) is 0 Å². The monoisotopic (exact) mass is 245 g/mol. The molecule has 1 heterocycles. The van der Waals surface area contributed by atoms with Crippen molar-refractivity contribution in [3.05, 3.63) is 0 Å². The molecule has 0 saturated carbocycles. The quantitative estimate of drug-likeness (QED) is 0.561. The van der Waals surface area contributed by atoms with E-state index in [9.17, 15) is 0 Å². The predicted molar refractivity (Wildman–Crippen MR) is 68.4 cm³/mol. The SMILES string of the molecule is CCCCOCCNCCOCC1CCCO1. The van der Waals surface area contributed by atoms with Crippen LogP contribution in [0.1, 0.15) is 32.6 Å². The van der Waals surface area contributed by atoms with Crippen LogP contribution in [0, 0.1) is 0 Å². The van der Waals surface area contributed by atoms with Crippen molar-refractivity contribution in [3.63, 3.8) is 0 Å². The van der Waals surface area contributed by atoms with Crippen molar-refractivity contribution in [2.45, 2.75) is 38.7 Å². The molecule has 4 heteroatoms. The highest BCUT2D eigenvalue weighted by Crippen LogP contribution is 2.11. The second-order valence-electron chi connectivity index (χ2n) is 4.43. The highest BCUT2D eigenvalue weighted by Gasteiger charge is 2.14. The minimum Gasteiger partial charge on any atom is -0.380 e. The van der Waals surface area contributed by atoms with Crippen molar-refractivity contribution < 1.29 is 14.2 Å². The summed E-state index contributed by atoms with van der Waals surface area (Å²) < 4.78 is 16.4. The third kappa shape index (κ3) is 8.55. The molecule has 0 aromatic carbocycles. The summed E-state index contributed by atoms with van der Waals surface area (Å²) in [4.78, 5) is 0. The zero-order valence-corrected chi connectivity index (χ0v) is 11.1. The summed E-state index contributed by atoms with van der Waals surface area (Å²) in [6.45, 7) is 8.06. The van der Waals surface area contributed by atoms with Gasteiger partial charge in [-0.1, -0.05) is 13.3 Å². The van der Waals surface area contributed by atoms with Gasteiger partial charge in [0.25, 0.3) is 0 Å². The first kappa shape index (κ1) is 14.9. The number of ether oxygens (including phenoxy) is 3. The molecular formula is C13H27NO3. The molecule has 1 aliphatic heterocycles. The summed E-state index contributed by atoms with van der Waals surface area (Å²) >= 11 is 0. The van der Waals surface area contributed by atoms with Crippen molar-refractivity contribution >= 4 is 0 Å². The Hall–Kier alpha value is -0.160. The van der Waals surface area contributed by atoms with Crippen molar-refractivity contribution in [2.24, 2.45) is 0 Å². The molecule has 1 rings (SSSR count). The Bertz CT molecular complexity index is 161. The summed E-state index contributed by atoms with van der Waals surface area (Å²) in [5.41, 5.74) is 0. The molecule has 0 radical (unpaired) electrons. The van der Waals surface area contributed by atoms with Gasteiger partial charge in [0.2, 0.25) is 0 Å². The summed E-state index contributed by atoms with van der Waals surface area (Å²) in [6, 6.07) is 0. The fourth-order valence-corrected chi connectivity index (χ4v) is 1.75. The van der Waals surface area contributed by atoms with E-state index in [-0.39, 0.29) is 0 Å². The van der Waals surface area contributed by atoms with Crippen LogP contribution < -0.4 is 5.32 Å². The Balaban J connectivity index is 1.69. The molecule has 0 spiro atoms. The first-order valence-corrected chi connectivity index (χ1v) is 6.91. The van der Waals surface area contributed by atoms with Gasteiger partial charge in [-0.15, -0.1) is 0 Å². The Morgan fingerprint density at radius 1 is 1.18 bits per heavy atom. The molecule has 0 aromatic heterocycles. The van der Waals surface area contributed by atoms with Gasteiger partial charge in [-0.2, -0.15) is 0 Å². The van der Waals surface area contributed by atoms with Gasteiger partial charge in [-0.05, 0) is 19.3 Å². The van der Waals surface area contributed by atoms with Gasteiger partial charge in [-0.25, -0.2) is 0 Å². The molecule has 17 heavy (non-hydrogen) atoms. The third-order valence-electron chi connectivity index (χ3n) is 2.82. The standard InChI is InChI=1S/C13H27NO3/c1-2-3-8-15-10-6-14-7-11-16-12-13-5-4-9-17-13/h13-14H,2-12H2,1H3. The minimum atomic E-state index is 0.340. The second-order valence-corrected chi connectivity index (χ2v) is 4.43. The van der Waals surface area contributed by atoms with E-state index < -0.39 is 0 Å². The lowest BCUT2D eigenvalue weighted by Gasteiger charge is -2.10. The van der Waals surface area contributed by atoms with E-state index >= 15 is 0 Å². The second kappa shape index (κ2) is 11.0. The van der Waals surface area contributed by atoms with Gasteiger partial charge in [-0.3, -0.25) is 0 Å². The van der Waals surface area contributed by atoms with Crippen LogP contribution in [0.5, 0.6) is 0 Å². The summed E-state index contributed by atoms with van der Waals surface area (Å²) in [7, 11) is 0. The average molecular weight is 245 g/mol. The third-order valence-corrected chi connectivity index (χ3v) is 2.82. The van der Waals surface area contributed by atoms with E-state index in [1.807, 2.05) is 0 Å². The lowest BCUT2D eigenvalue weighted by Crippen LogP contribution is -2.25. The maximum absolute atomic E-state index is 5.53. The summed E-state index contributed by atoms with van der Waals surface area (Å²) in [5.74, 6) is 0. The van der Waals surface area contributed by atoms with E-state index in [0.717, 1.165) is 59.0 Å². The van der Waals surface area contributed by atoms with E-state index in [1.165, 1.54) is 12.8 Å². The Kier molecular flexibility index (Phi) is 9.61. The van der Waals surface area contributed by atoms with Crippen LogP contribution in [0.3, 0.4) is 0 Å². The Morgan fingerprint density at radius 3 is 2.71 bits per heavy atom. The Morgan fingerprint density at radius 2 is 2.00 bits per heavy atom. The fourth-order valence-electron chi connectivity index (χ4n) is 1.75. The zero-order chi connectivity index (χ0) is 12.2. The number of unbranched alkanes of at least 4 members (excludes halogenated alkanes) is 1. The van der Waals surface area contributed by atoms with Crippen LogP contribution in [0.15, 0.2) is 0 Å². The summed E-state index contributed by atoms with van der Waals surface area (Å²) in [6.07, 6.45) is 5.03. The Labute approximate surface area is 105 Å². The van der Waals surface area contributed by atoms with Crippen molar-refractivity contribution in [1.29, 1.82) is 0 Å². The molecule has 4 nitrogen and oxygen atoms in total. The molecule has 1 N–H and O–H groups in total. The molecular weight excluding hydrogens is 218 g/mol. The molecule has 1 atom stereocenters. The van der Waals surface area contributed by atoms with Gasteiger partial charge >= 0.3 is 0 Å². The molecule has 0 amide bonds. The number of nitrogens with one attached hydrogen (secondary N) is 1. The number of hydrogen-bond acceptors (Lipinski definition) is 4. The van der Waals surface area contributed by atoms with E-state index in [0.29, 0.717) is 6.10 Å². The van der Waals surface area contributed by atoms with Gasteiger partial charge in [0.1, 0.15) is 0 Å². The van der Waals surface area contributed by atoms with Crippen molar-refractivity contribution in [1.82, 2.24) is 5.32 Å². The largest absolute Gasteiger partial charge is 0.380 e. The molecule has 1 saturated heterocycles. The number of rotatable bonds is 11. The topological polar surface area (TPSA) is 39.7 Å². The molecule has 0 aromatic rings. The van der Waals surface area contributed by atoms with Gasteiger partial charge in [0, 0.05) is 26.3 Å². The van der Waals surface area contributed by atoms with E-state index in [1.54, 1.807) is 0 Å². The van der Waals surface area contributed by atoms with Gasteiger partial charge in [0.05, 0.1) is 25.9 Å². The average Bonchev–Trinajstić information content (AvgIpc) is 2.85. The van der Waals surface area contributed by atoms with Crippen LogP contribution in [0.25, 0.3) is 0 Å². The van der Waals surface area contributed by atoms with Crippen LogP contribution >= 0.6 is 0 Å². The summed E-state index contributed by atoms with van der Waals surface area (Å²) in [5, 5.41) is 3.30. The molecule has 1 unspecified atom stereocenters. The smallest absolute Gasteiger partial charge is 0.0809 e. The minimum absolute atomic E-state index is 0.340. The lowest BCUT2D eigenvalue weighted by molar-refractivity contribution is 0.0179.